The van der Waals surface area contributed by atoms with Crippen molar-refractivity contribution in [3.63, 3.8) is 0 Å². The van der Waals surface area contributed by atoms with Crippen molar-refractivity contribution in [2.24, 2.45) is 0 Å². The van der Waals surface area contributed by atoms with Crippen LogP contribution in [0.15, 0.2) is 36.4 Å². The van der Waals surface area contributed by atoms with Crippen molar-refractivity contribution in [3.05, 3.63) is 42.0 Å². The molecule has 0 bridgehead atoms. The number of ether oxygens (including phenoxy) is 3. The van der Waals surface area contributed by atoms with Gasteiger partial charge in [0.1, 0.15) is 5.75 Å². The summed E-state index contributed by atoms with van der Waals surface area (Å²) in [6, 6.07) is 11.1. The Morgan fingerprint density at radius 2 is 2.04 bits per heavy atom. The number of benzene rings is 2. The van der Waals surface area contributed by atoms with E-state index in [0.717, 1.165) is 22.6 Å². The second-order valence-electron chi connectivity index (χ2n) is 5.29. The van der Waals surface area contributed by atoms with Crippen LogP contribution in [0.3, 0.4) is 0 Å². The molecule has 0 unspecified atom stereocenters. The normalized spacial score (nSPS) is 12.4. The molecule has 0 amide bonds. The van der Waals surface area contributed by atoms with E-state index < -0.39 is 0 Å². The number of fused-ring (bicyclic) bond motifs is 1. The largest absolute Gasteiger partial charge is 0.495 e. The number of rotatable bonds is 4. The maximum absolute atomic E-state index is 5.92. The highest BCUT2D eigenvalue weighted by atomic mass is 16.7. The van der Waals surface area contributed by atoms with Crippen molar-refractivity contribution in [2.75, 3.05) is 19.6 Å². The van der Waals surface area contributed by atoms with Crippen molar-refractivity contribution in [3.8, 4) is 28.6 Å². The van der Waals surface area contributed by atoms with Crippen molar-refractivity contribution < 1.29 is 14.2 Å². The molecule has 122 valence electrons. The Bertz CT molecular complexity index is 893. The molecule has 2 heterocycles. The predicted molar refractivity (Wildman–Crippen MR) is 85.9 cm³/mol. The molecule has 8 nitrogen and oxygen atoms in total. The van der Waals surface area contributed by atoms with Crippen LogP contribution in [0.4, 0.5) is 5.69 Å². The number of anilines is 1. The summed E-state index contributed by atoms with van der Waals surface area (Å²) >= 11 is 0. The average molecular weight is 325 g/mol. The Kier molecular flexibility index (Phi) is 3.42. The minimum atomic E-state index is 0.253. The number of nitrogen functional groups attached to an aromatic ring is 1. The maximum Gasteiger partial charge on any atom is 0.231 e. The van der Waals surface area contributed by atoms with Crippen LogP contribution >= 0.6 is 0 Å². The monoisotopic (exact) mass is 325 g/mol. The van der Waals surface area contributed by atoms with Crippen molar-refractivity contribution >= 4 is 5.69 Å². The zero-order valence-corrected chi connectivity index (χ0v) is 13.0. The first-order valence-electron chi connectivity index (χ1n) is 7.33. The number of nitrogens with zero attached hydrogens (tertiary/aromatic N) is 4. The second-order valence-corrected chi connectivity index (χ2v) is 5.29. The second kappa shape index (κ2) is 5.73. The highest BCUT2D eigenvalue weighted by Crippen LogP contribution is 2.32. The van der Waals surface area contributed by atoms with E-state index in [0.29, 0.717) is 23.8 Å². The van der Waals surface area contributed by atoms with Crippen LogP contribution in [-0.4, -0.2) is 34.1 Å². The third kappa shape index (κ3) is 2.58. The highest BCUT2D eigenvalue weighted by Gasteiger charge is 2.14. The van der Waals surface area contributed by atoms with Crippen molar-refractivity contribution in [1.82, 2.24) is 20.2 Å². The predicted octanol–water partition coefficient (Wildman–Crippen LogP) is 1.71. The van der Waals surface area contributed by atoms with Crippen molar-refractivity contribution in [2.45, 2.75) is 6.54 Å². The molecule has 2 aromatic carbocycles. The first-order valence-corrected chi connectivity index (χ1v) is 7.33. The van der Waals surface area contributed by atoms with Gasteiger partial charge in [0.25, 0.3) is 0 Å². The Morgan fingerprint density at radius 3 is 2.88 bits per heavy atom. The molecule has 24 heavy (non-hydrogen) atoms. The lowest BCUT2D eigenvalue weighted by Crippen LogP contribution is -2.04. The zero-order valence-electron chi connectivity index (χ0n) is 13.0. The Balaban J connectivity index is 1.55. The first-order chi connectivity index (χ1) is 11.7. The quantitative estimate of drug-likeness (QED) is 0.729. The minimum absolute atomic E-state index is 0.253. The Morgan fingerprint density at radius 1 is 1.17 bits per heavy atom. The fraction of sp³-hybridized carbons (Fsp3) is 0.188. The summed E-state index contributed by atoms with van der Waals surface area (Å²) in [5.41, 5.74) is 8.23. The molecule has 8 heteroatoms. The number of tetrazole rings is 1. The molecule has 1 aliphatic heterocycles. The molecule has 4 rings (SSSR count). The maximum atomic E-state index is 5.92. The lowest BCUT2D eigenvalue weighted by molar-refractivity contribution is 0.174. The minimum Gasteiger partial charge on any atom is -0.495 e. The summed E-state index contributed by atoms with van der Waals surface area (Å²) in [7, 11) is 1.57. The first kappa shape index (κ1) is 14.3. The molecule has 1 aliphatic rings. The van der Waals surface area contributed by atoms with E-state index >= 15 is 0 Å². The topological polar surface area (TPSA) is 97.3 Å². The van der Waals surface area contributed by atoms with Crippen LogP contribution in [-0.2, 0) is 6.54 Å². The summed E-state index contributed by atoms with van der Waals surface area (Å²) in [6.07, 6.45) is 0. The molecule has 0 atom stereocenters. The van der Waals surface area contributed by atoms with Crippen LogP contribution in [0.2, 0.25) is 0 Å². The third-order valence-corrected chi connectivity index (χ3v) is 3.70. The van der Waals surface area contributed by atoms with Gasteiger partial charge >= 0.3 is 0 Å². The SMILES string of the molecule is COc1ccc(-c2nnn(Cc3ccc4c(c3)OCO4)n2)cc1N. The number of hydrogen-bond donors (Lipinski definition) is 1. The molecule has 0 saturated carbocycles. The molecule has 0 fully saturated rings. The van der Waals surface area contributed by atoms with E-state index in [1.54, 1.807) is 19.2 Å². The molecular weight excluding hydrogens is 310 g/mol. The van der Waals surface area contributed by atoms with Crippen LogP contribution in [0.25, 0.3) is 11.4 Å². The van der Waals surface area contributed by atoms with E-state index in [1.165, 1.54) is 4.80 Å². The van der Waals surface area contributed by atoms with Gasteiger partial charge in [-0.2, -0.15) is 4.80 Å². The van der Waals surface area contributed by atoms with Crippen molar-refractivity contribution in [1.29, 1.82) is 0 Å². The summed E-state index contributed by atoms with van der Waals surface area (Å²) in [4.78, 5) is 1.52. The fourth-order valence-corrected chi connectivity index (χ4v) is 2.50. The number of methoxy groups -OCH3 is 1. The standard InChI is InChI=1S/C16H15N5O3/c1-22-13-5-3-11(7-12(13)17)16-18-20-21(19-16)8-10-2-4-14-15(6-10)24-9-23-14/h2-7H,8-9,17H2,1H3. The molecule has 2 N–H and O–H groups in total. The fourth-order valence-electron chi connectivity index (χ4n) is 2.50. The molecule has 0 spiro atoms. The molecule has 1 aromatic heterocycles. The van der Waals surface area contributed by atoms with Gasteiger partial charge in [0.15, 0.2) is 11.5 Å². The molecule has 3 aromatic rings. The lowest BCUT2D eigenvalue weighted by atomic mass is 10.2. The number of nitrogens with two attached hydrogens (primary N) is 1. The summed E-state index contributed by atoms with van der Waals surface area (Å²) < 4.78 is 15.8. The third-order valence-electron chi connectivity index (χ3n) is 3.70. The van der Waals surface area contributed by atoms with Gasteiger partial charge in [-0.15, -0.1) is 10.2 Å². The smallest absolute Gasteiger partial charge is 0.231 e. The van der Waals surface area contributed by atoms with E-state index in [1.807, 2.05) is 24.3 Å². The van der Waals surface area contributed by atoms with Gasteiger partial charge in [-0.05, 0) is 41.1 Å². The van der Waals surface area contributed by atoms with Crippen LogP contribution in [0, 0.1) is 0 Å². The van der Waals surface area contributed by atoms with E-state index in [4.69, 9.17) is 19.9 Å². The molecule has 0 radical (unpaired) electrons. The number of aromatic nitrogens is 4. The highest BCUT2D eigenvalue weighted by molar-refractivity contribution is 5.65. The summed E-state index contributed by atoms with van der Waals surface area (Å²) in [5, 5.41) is 12.6. The summed E-state index contributed by atoms with van der Waals surface area (Å²) in [5.74, 6) is 2.60. The van der Waals surface area contributed by atoms with E-state index in [9.17, 15) is 0 Å². The lowest BCUT2D eigenvalue weighted by Gasteiger charge is -2.04. The molecule has 0 saturated heterocycles. The van der Waals surface area contributed by atoms with Crippen LogP contribution in [0.5, 0.6) is 17.2 Å². The van der Waals surface area contributed by atoms with Gasteiger partial charge in [0, 0.05) is 5.56 Å². The Labute approximate surface area is 137 Å². The van der Waals surface area contributed by atoms with Crippen LogP contribution in [0.1, 0.15) is 5.56 Å². The van der Waals surface area contributed by atoms with Gasteiger partial charge in [-0.25, -0.2) is 0 Å². The summed E-state index contributed by atoms with van der Waals surface area (Å²) in [6.45, 7) is 0.735. The molecular formula is C16H15N5O3. The Hall–Kier alpha value is -3.29. The van der Waals surface area contributed by atoms with Gasteiger partial charge in [0.05, 0.1) is 19.3 Å². The van der Waals surface area contributed by atoms with E-state index in [-0.39, 0.29) is 6.79 Å². The van der Waals surface area contributed by atoms with Crippen LogP contribution < -0.4 is 19.9 Å². The zero-order chi connectivity index (χ0) is 16.5. The van der Waals surface area contributed by atoms with Gasteiger partial charge < -0.3 is 19.9 Å². The van der Waals surface area contributed by atoms with Gasteiger partial charge in [0.2, 0.25) is 12.6 Å². The van der Waals surface area contributed by atoms with Gasteiger partial charge in [-0.1, -0.05) is 6.07 Å². The number of hydrogen-bond acceptors (Lipinski definition) is 7. The average Bonchev–Trinajstić information content (AvgIpc) is 3.23. The van der Waals surface area contributed by atoms with E-state index in [2.05, 4.69) is 15.4 Å². The molecule has 0 aliphatic carbocycles. The van der Waals surface area contributed by atoms with Gasteiger partial charge in [-0.3, -0.25) is 0 Å².